The molecule has 27 heavy (non-hydrogen) atoms. The van der Waals surface area contributed by atoms with E-state index in [0.717, 1.165) is 31.2 Å². The number of carbonyl (C=O) groups excluding carboxylic acids is 2. The van der Waals surface area contributed by atoms with Crippen LogP contribution in [-0.2, 0) is 24.0 Å². The van der Waals surface area contributed by atoms with Crippen LogP contribution in [0.5, 0.6) is 0 Å². The second-order valence-corrected chi connectivity index (χ2v) is 8.25. The van der Waals surface area contributed by atoms with E-state index >= 15 is 0 Å². The molecule has 0 saturated heterocycles. The zero-order chi connectivity index (χ0) is 18.4. The highest BCUT2D eigenvalue weighted by molar-refractivity contribution is 7.14. The third kappa shape index (κ3) is 2.90. The van der Waals surface area contributed by atoms with Gasteiger partial charge in [0.25, 0.3) is 0 Å². The summed E-state index contributed by atoms with van der Waals surface area (Å²) in [5.74, 6) is -0.561. The number of hydrogen-bond acceptors (Lipinski definition) is 4. The number of aryl methyl sites for hydroxylation is 2. The Bertz CT molecular complexity index is 1060. The van der Waals surface area contributed by atoms with E-state index in [9.17, 15) is 9.59 Å². The Balaban J connectivity index is 1.30. The van der Waals surface area contributed by atoms with Gasteiger partial charge >= 0.3 is 5.97 Å². The number of rotatable bonds is 4. The van der Waals surface area contributed by atoms with Gasteiger partial charge in [-0.1, -0.05) is 36.4 Å². The van der Waals surface area contributed by atoms with Crippen LogP contribution in [-0.4, -0.2) is 18.4 Å². The first-order chi connectivity index (χ1) is 13.2. The summed E-state index contributed by atoms with van der Waals surface area (Å²) >= 11 is 1.50. The van der Waals surface area contributed by atoms with Crippen molar-refractivity contribution in [2.45, 2.75) is 25.7 Å². The molecule has 2 aliphatic carbocycles. The van der Waals surface area contributed by atoms with Crippen molar-refractivity contribution < 1.29 is 14.3 Å². The van der Waals surface area contributed by atoms with E-state index < -0.39 is 5.97 Å². The Morgan fingerprint density at radius 3 is 2.67 bits per heavy atom. The third-order valence-electron chi connectivity index (χ3n) is 5.40. The van der Waals surface area contributed by atoms with Crippen LogP contribution in [0.1, 0.15) is 48.0 Å². The zero-order valence-corrected chi connectivity index (χ0v) is 15.6. The highest BCUT2D eigenvalue weighted by atomic mass is 32.1. The van der Waals surface area contributed by atoms with Gasteiger partial charge in [-0.05, 0) is 65.6 Å². The zero-order valence-electron chi connectivity index (χ0n) is 14.8. The van der Waals surface area contributed by atoms with Crippen molar-refractivity contribution in [2.24, 2.45) is 0 Å². The lowest BCUT2D eigenvalue weighted by Gasteiger charge is -2.06. The summed E-state index contributed by atoms with van der Waals surface area (Å²) in [6.45, 7) is -0.220. The molecule has 3 nitrogen and oxygen atoms in total. The van der Waals surface area contributed by atoms with Crippen LogP contribution in [0.4, 0.5) is 0 Å². The predicted octanol–water partition coefficient (Wildman–Crippen LogP) is 4.85. The van der Waals surface area contributed by atoms with Crippen molar-refractivity contribution in [3.05, 3.63) is 80.5 Å². The predicted molar refractivity (Wildman–Crippen MR) is 106 cm³/mol. The molecule has 0 N–H and O–H groups in total. The van der Waals surface area contributed by atoms with Gasteiger partial charge in [0.2, 0.25) is 0 Å². The number of esters is 1. The maximum atomic E-state index is 12.6. The van der Waals surface area contributed by atoms with Crippen LogP contribution in [0.2, 0.25) is 0 Å². The molecule has 1 aromatic heterocycles. The largest absolute Gasteiger partial charge is 0.453 e. The highest BCUT2D eigenvalue weighted by Gasteiger charge is 2.22. The molecule has 2 aliphatic rings. The molecule has 0 spiro atoms. The van der Waals surface area contributed by atoms with Gasteiger partial charge in [-0.3, -0.25) is 4.79 Å². The topological polar surface area (TPSA) is 43.4 Å². The van der Waals surface area contributed by atoms with Gasteiger partial charge in [0.1, 0.15) is 4.88 Å². The van der Waals surface area contributed by atoms with Gasteiger partial charge in [-0.15, -0.1) is 11.3 Å². The average molecular weight is 374 g/mol. The van der Waals surface area contributed by atoms with Crippen LogP contribution < -0.4 is 0 Å². The van der Waals surface area contributed by atoms with Crippen molar-refractivity contribution in [3.63, 3.8) is 0 Å². The summed E-state index contributed by atoms with van der Waals surface area (Å²) in [5, 5.41) is 0. The second-order valence-electron chi connectivity index (χ2n) is 7.12. The van der Waals surface area contributed by atoms with Crippen molar-refractivity contribution in [3.8, 4) is 11.1 Å². The number of benzene rings is 2. The first-order valence-electron chi connectivity index (χ1n) is 9.22. The minimum absolute atomic E-state index is 0.167. The first kappa shape index (κ1) is 16.5. The summed E-state index contributed by atoms with van der Waals surface area (Å²) in [4.78, 5) is 26.7. The summed E-state index contributed by atoms with van der Waals surface area (Å²) < 4.78 is 5.29. The lowest BCUT2D eigenvalue weighted by molar-refractivity contribution is 0.0479. The average Bonchev–Trinajstić information content (AvgIpc) is 3.37. The number of Topliss-reactive ketones (excluding diaryl/α,β-unsaturated/α-hetero) is 1. The number of hydrogen-bond donors (Lipinski definition) is 0. The molecule has 5 rings (SSSR count). The van der Waals surface area contributed by atoms with E-state index in [1.54, 1.807) is 0 Å². The fourth-order valence-corrected chi connectivity index (χ4v) is 5.16. The van der Waals surface area contributed by atoms with Gasteiger partial charge in [0.05, 0.1) is 0 Å². The molecule has 0 fully saturated rings. The van der Waals surface area contributed by atoms with E-state index in [1.165, 1.54) is 38.5 Å². The van der Waals surface area contributed by atoms with Crippen molar-refractivity contribution in [1.82, 2.24) is 0 Å². The van der Waals surface area contributed by atoms with Gasteiger partial charge in [-0.2, -0.15) is 0 Å². The normalized spacial score (nSPS) is 13.8. The number of ketones is 1. The second kappa shape index (κ2) is 6.46. The molecule has 4 heteroatoms. The molecule has 3 aromatic rings. The van der Waals surface area contributed by atoms with Gasteiger partial charge in [0, 0.05) is 10.4 Å². The molecular formula is C23H18O3S. The van der Waals surface area contributed by atoms with Gasteiger partial charge in [0.15, 0.2) is 12.4 Å². The van der Waals surface area contributed by atoms with Gasteiger partial charge in [-0.25, -0.2) is 4.79 Å². The molecule has 0 aliphatic heterocycles. The SMILES string of the molecule is O=C(COC(=O)c1cc2c(s1)CCC2)c1ccc2c(c1)-c1ccccc1C2. The molecule has 0 unspecified atom stereocenters. The summed E-state index contributed by atoms with van der Waals surface area (Å²) in [6.07, 6.45) is 4.14. The molecule has 2 aromatic carbocycles. The molecule has 1 heterocycles. The van der Waals surface area contributed by atoms with Crippen molar-refractivity contribution in [2.75, 3.05) is 6.61 Å². The fraction of sp³-hybridized carbons (Fsp3) is 0.217. The van der Waals surface area contributed by atoms with E-state index in [2.05, 4.69) is 12.1 Å². The Kier molecular flexibility index (Phi) is 3.94. The number of thiophene rings is 1. The first-order valence-corrected chi connectivity index (χ1v) is 10.0. The number of carbonyl (C=O) groups is 2. The Hall–Kier alpha value is -2.72. The van der Waals surface area contributed by atoms with E-state index in [4.69, 9.17) is 4.74 Å². The van der Waals surface area contributed by atoms with E-state index in [0.29, 0.717) is 10.4 Å². The quantitative estimate of drug-likeness (QED) is 0.379. The Labute approximate surface area is 161 Å². The van der Waals surface area contributed by atoms with Crippen LogP contribution in [0.3, 0.4) is 0 Å². The molecule has 0 saturated carbocycles. The highest BCUT2D eigenvalue weighted by Crippen LogP contribution is 2.37. The Morgan fingerprint density at radius 2 is 1.78 bits per heavy atom. The van der Waals surface area contributed by atoms with Crippen LogP contribution in [0.25, 0.3) is 11.1 Å². The maximum Gasteiger partial charge on any atom is 0.348 e. The number of ether oxygens (including phenoxy) is 1. The summed E-state index contributed by atoms with van der Waals surface area (Å²) in [6, 6.07) is 16.0. The van der Waals surface area contributed by atoms with Gasteiger partial charge < -0.3 is 4.74 Å². The molecule has 0 radical (unpaired) electrons. The molecule has 134 valence electrons. The standard InChI is InChI=1S/C23H18O3S/c24-20(13-26-23(25)22-12-17-5-3-7-21(17)27-22)16-9-8-15-10-14-4-1-2-6-18(14)19(15)11-16/h1-2,4,6,8-9,11-12H,3,5,7,10,13H2. The van der Waals surface area contributed by atoms with Crippen LogP contribution in [0.15, 0.2) is 48.5 Å². The third-order valence-corrected chi connectivity index (χ3v) is 6.62. The summed E-state index contributed by atoms with van der Waals surface area (Å²) in [7, 11) is 0. The van der Waals surface area contributed by atoms with Crippen molar-refractivity contribution in [1.29, 1.82) is 0 Å². The molecule has 0 bridgehead atoms. The summed E-state index contributed by atoms with van der Waals surface area (Å²) in [5.41, 5.74) is 6.67. The van der Waals surface area contributed by atoms with Crippen LogP contribution in [0, 0.1) is 0 Å². The molecule has 0 amide bonds. The van der Waals surface area contributed by atoms with E-state index in [1.807, 2.05) is 36.4 Å². The van der Waals surface area contributed by atoms with E-state index in [-0.39, 0.29) is 12.4 Å². The minimum Gasteiger partial charge on any atom is -0.453 e. The molecular weight excluding hydrogens is 356 g/mol. The Morgan fingerprint density at radius 1 is 0.926 bits per heavy atom. The minimum atomic E-state index is -0.394. The fourth-order valence-electron chi connectivity index (χ4n) is 4.01. The lowest BCUT2D eigenvalue weighted by atomic mass is 10.0. The van der Waals surface area contributed by atoms with Crippen LogP contribution >= 0.6 is 11.3 Å². The monoisotopic (exact) mass is 374 g/mol. The smallest absolute Gasteiger partial charge is 0.348 e. The number of fused-ring (bicyclic) bond motifs is 4. The molecule has 0 atom stereocenters. The van der Waals surface area contributed by atoms with Crippen molar-refractivity contribution >= 4 is 23.1 Å². The maximum absolute atomic E-state index is 12.6. The lowest BCUT2D eigenvalue weighted by Crippen LogP contribution is -2.13.